The van der Waals surface area contributed by atoms with Crippen LogP contribution in [0, 0.1) is 5.82 Å². The third-order valence-electron chi connectivity index (χ3n) is 1.55. The Bertz CT molecular complexity index is 389. The number of esters is 1. The molecule has 0 aliphatic heterocycles. The molecule has 82 valence electrons. The lowest BCUT2D eigenvalue weighted by atomic mass is 10.2. The molecule has 1 heterocycles. The van der Waals surface area contributed by atoms with Crippen LogP contribution in [0.3, 0.4) is 0 Å². The normalized spacial score (nSPS) is 11.3. The fourth-order valence-corrected chi connectivity index (χ4v) is 0.860. The lowest BCUT2D eigenvalue weighted by Crippen LogP contribution is -2.12. The van der Waals surface area contributed by atoms with Gasteiger partial charge in [0.1, 0.15) is 5.69 Å². The molecule has 0 radical (unpaired) electrons. The van der Waals surface area contributed by atoms with Crippen molar-refractivity contribution >= 4 is 5.97 Å². The van der Waals surface area contributed by atoms with Crippen LogP contribution in [0.1, 0.15) is 16.1 Å². The molecule has 15 heavy (non-hydrogen) atoms. The van der Waals surface area contributed by atoms with Gasteiger partial charge in [-0.2, -0.15) is 13.2 Å². The number of alkyl halides is 3. The topological polar surface area (TPSA) is 39.2 Å². The number of ether oxygens (including phenoxy) is 1. The van der Waals surface area contributed by atoms with Crippen LogP contribution >= 0.6 is 0 Å². The second-order valence-electron chi connectivity index (χ2n) is 2.54. The Morgan fingerprint density at radius 2 is 2.07 bits per heavy atom. The highest BCUT2D eigenvalue weighted by Gasteiger charge is 2.34. The van der Waals surface area contributed by atoms with Gasteiger partial charge in [-0.3, -0.25) is 0 Å². The zero-order valence-corrected chi connectivity index (χ0v) is 7.43. The summed E-state index contributed by atoms with van der Waals surface area (Å²) in [5, 5.41) is 0. The van der Waals surface area contributed by atoms with E-state index in [1.54, 1.807) is 0 Å². The first-order valence-corrected chi connectivity index (χ1v) is 3.67. The van der Waals surface area contributed by atoms with Crippen molar-refractivity contribution in [1.29, 1.82) is 0 Å². The second kappa shape index (κ2) is 3.84. The molecule has 1 aromatic rings. The van der Waals surface area contributed by atoms with Crippen LogP contribution in [0.5, 0.6) is 0 Å². The first-order valence-electron chi connectivity index (χ1n) is 3.67. The van der Waals surface area contributed by atoms with E-state index in [9.17, 15) is 22.4 Å². The van der Waals surface area contributed by atoms with Crippen LogP contribution in [0.4, 0.5) is 17.6 Å². The summed E-state index contributed by atoms with van der Waals surface area (Å²) in [6.07, 6.45) is -4.40. The SMILES string of the molecule is COC(=O)c1cc(C(F)(F)F)ncc1F. The van der Waals surface area contributed by atoms with Crippen LogP contribution in [-0.4, -0.2) is 18.1 Å². The molecule has 0 aliphatic carbocycles. The van der Waals surface area contributed by atoms with Crippen molar-refractivity contribution in [2.45, 2.75) is 6.18 Å². The molecule has 0 saturated carbocycles. The van der Waals surface area contributed by atoms with Gasteiger partial charge in [0.25, 0.3) is 0 Å². The number of pyridine rings is 1. The van der Waals surface area contributed by atoms with E-state index in [4.69, 9.17) is 0 Å². The average Bonchev–Trinajstić information content (AvgIpc) is 2.15. The van der Waals surface area contributed by atoms with Gasteiger partial charge in [-0.1, -0.05) is 0 Å². The first-order chi connectivity index (χ1) is 6.86. The molecule has 0 aliphatic rings. The molecular formula is C8H5F4NO2. The molecule has 0 bridgehead atoms. The minimum absolute atomic E-state index is 0.307. The van der Waals surface area contributed by atoms with Crippen LogP contribution in [0.2, 0.25) is 0 Å². The number of methoxy groups -OCH3 is 1. The van der Waals surface area contributed by atoms with Gasteiger partial charge in [-0.05, 0) is 6.07 Å². The van der Waals surface area contributed by atoms with Crippen molar-refractivity contribution in [2.24, 2.45) is 0 Å². The van der Waals surface area contributed by atoms with Gasteiger partial charge in [0.05, 0.1) is 18.9 Å². The molecule has 0 aromatic carbocycles. The molecule has 0 amide bonds. The summed E-state index contributed by atoms with van der Waals surface area (Å²) in [5.41, 5.74) is -2.14. The maximum atomic E-state index is 12.9. The van der Waals surface area contributed by atoms with Gasteiger partial charge in [0.15, 0.2) is 5.82 Å². The highest BCUT2D eigenvalue weighted by Crippen LogP contribution is 2.28. The molecule has 0 N–H and O–H groups in total. The van der Waals surface area contributed by atoms with Gasteiger partial charge in [-0.15, -0.1) is 0 Å². The molecule has 1 rings (SSSR count). The Morgan fingerprint density at radius 3 is 2.53 bits per heavy atom. The lowest BCUT2D eigenvalue weighted by molar-refractivity contribution is -0.141. The van der Waals surface area contributed by atoms with E-state index in [1.165, 1.54) is 0 Å². The van der Waals surface area contributed by atoms with Crippen molar-refractivity contribution < 1.29 is 27.1 Å². The number of hydrogen-bond acceptors (Lipinski definition) is 3. The predicted molar refractivity (Wildman–Crippen MR) is 40.5 cm³/mol. The van der Waals surface area contributed by atoms with E-state index in [0.717, 1.165) is 7.11 Å². The Hall–Kier alpha value is -1.66. The van der Waals surface area contributed by atoms with Crippen LogP contribution < -0.4 is 0 Å². The molecule has 7 heteroatoms. The van der Waals surface area contributed by atoms with E-state index in [-0.39, 0.29) is 0 Å². The Kier molecular flexibility index (Phi) is 2.92. The number of rotatable bonds is 1. The van der Waals surface area contributed by atoms with E-state index >= 15 is 0 Å². The van der Waals surface area contributed by atoms with Gasteiger partial charge < -0.3 is 4.74 Å². The van der Waals surface area contributed by atoms with Gasteiger partial charge in [0.2, 0.25) is 0 Å². The van der Waals surface area contributed by atoms with E-state index in [0.29, 0.717) is 12.3 Å². The van der Waals surface area contributed by atoms with Crippen LogP contribution in [-0.2, 0) is 10.9 Å². The summed E-state index contributed by atoms with van der Waals surface area (Å²) >= 11 is 0. The largest absolute Gasteiger partial charge is 0.465 e. The van der Waals surface area contributed by atoms with Crippen LogP contribution in [0.25, 0.3) is 0 Å². The van der Waals surface area contributed by atoms with Crippen molar-refractivity contribution in [2.75, 3.05) is 7.11 Å². The van der Waals surface area contributed by atoms with E-state index in [2.05, 4.69) is 9.72 Å². The van der Waals surface area contributed by atoms with Crippen molar-refractivity contribution in [3.8, 4) is 0 Å². The number of hydrogen-bond donors (Lipinski definition) is 0. The molecule has 1 aromatic heterocycles. The zero-order valence-electron chi connectivity index (χ0n) is 7.43. The third kappa shape index (κ3) is 2.42. The van der Waals surface area contributed by atoms with Gasteiger partial charge >= 0.3 is 12.1 Å². The fourth-order valence-electron chi connectivity index (χ4n) is 0.860. The maximum absolute atomic E-state index is 12.9. The summed E-state index contributed by atoms with van der Waals surface area (Å²) in [6.45, 7) is 0. The Morgan fingerprint density at radius 1 is 1.47 bits per heavy atom. The lowest BCUT2D eigenvalue weighted by Gasteiger charge is -2.07. The first kappa shape index (κ1) is 11.4. The highest BCUT2D eigenvalue weighted by atomic mass is 19.4. The molecule has 3 nitrogen and oxygen atoms in total. The van der Waals surface area contributed by atoms with Crippen LogP contribution in [0.15, 0.2) is 12.3 Å². The number of aromatic nitrogens is 1. The van der Waals surface area contributed by atoms with Crippen molar-refractivity contribution in [3.05, 3.63) is 29.3 Å². The van der Waals surface area contributed by atoms with Crippen molar-refractivity contribution in [3.63, 3.8) is 0 Å². The van der Waals surface area contributed by atoms with Gasteiger partial charge in [0, 0.05) is 0 Å². The molecule has 0 atom stereocenters. The summed E-state index contributed by atoms with van der Waals surface area (Å²) < 4.78 is 53.4. The summed E-state index contributed by atoms with van der Waals surface area (Å²) in [5.74, 6) is -2.34. The molecule has 0 fully saturated rings. The quantitative estimate of drug-likeness (QED) is 0.540. The smallest absolute Gasteiger partial charge is 0.433 e. The zero-order chi connectivity index (χ0) is 11.6. The number of nitrogens with zero attached hydrogens (tertiary/aromatic N) is 1. The molecule has 0 saturated heterocycles. The fraction of sp³-hybridized carbons (Fsp3) is 0.250. The molecule has 0 spiro atoms. The van der Waals surface area contributed by atoms with E-state index < -0.39 is 29.2 Å². The second-order valence-corrected chi connectivity index (χ2v) is 2.54. The minimum atomic E-state index is -4.73. The van der Waals surface area contributed by atoms with Gasteiger partial charge in [-0.25, -0.2) is 14.2 Å². The summed E-state index contributed by atoms with van der Waals surface area (Å²) in [6, 6.07) is 0.307. The Balaban J connectivity index is 3.23. The standard InChI is InChI=1S/C8H5F4NO2/c1-15-7(14)4-2-6(8(10,11)12)13-3-5(4)9/h2-3H,1H3. The minimum Gasteiger partial charge on any atom is -0.465 e. The van der Waals surface area contributed by atoms with E-state index in [1.807, 2.05) is 0 Å². The predicted octanol–water partition coefficient (Wildman–Crippen LogP) is 2.03. The maximum Gasteiger partial charge on any atom is 0.433 e. The Labute approximate surface area is 81.7 Å². The molecule has 0 unspecified atom stereocenters. The monoisotopic (exact) mass is 223 g/mol. The van der Waals surface area contributed by atoms with Crippen molar-refractivity contribution in [1.82, 2.24) is 4.98 Å². The number of carbonyl (C=O) groups is 1. The summed E-state index contributed by atoms with van der Waals surface area (Å²) in [7, 11) is 0.940. The average molecular weight is 223 g/mol. The number of carbonyl (C=O) groups excluding carboxylic acids is 1. The highest BCUT2D eigenvalue weighted by molar-refractivity contribution is 5.89. The summed E-state index contributed by atoms with van der Waals surface area (Å²) in [4.78, 5) is 13.7. The number of halogens is 4. The molecular weight excluding hydrogens is 218 g/mol. The third-order valence-corrected chi connectivity index (χ3v) is 1.55.